The Morgan fingerprint density at radius 3 is 3.21 bits per heavy atom. The van der Waals surface area contributed by atoms with E-state index in [9.17, 15) is 0 Å². The Hall–Kier alpha value is -0.670. The van der Waals surface area contributed by atoms with E-state index in [1.165, 1.54) is 10.3 Å². The maximum atomic E-state index is 4.28. The number of hydrogen-bond acceptors (Lipinski definition) is 2. The van der Waals surface area contributed by atoms with Gasteiger partial charge < -0.3 is 0 Å². The molecule has 0 aliphatic carbocycles. The number of rotatable bonds is 3. The molecule has 0 aliphatic rings. The van der Waals surface area contributed by atoms with Gasteiger partial charge in [0.25, 0.3) is 0 Å². The van der Waals surface area contributed by atoms with Crippen molar-refractivity contribution in [2.24, 2.45) is 0 Å². The summed E-state index contributed by atoms with van der Waals surface area (Å²) in [6.45, 7) is 0. The van der Waals surface area contributed by atoms with Crippen LogP contribution in [0.5, 0.6) is 0 Å². The number of halogens is 1. The molecule has 3 heteroatoms. The normalized spacial score (nSPS) is 11.5. The number of benzene rings is 1. The monoisotopic (exact) mass is 267 g/mol. The largest absolute Gasteiger partial charge is 0.245 e. The van der Waals surface area contributed by atoms with Gasteiger partial charge in [-0.15, -0.1) is 11.3 Å². The minimum atomic E-state index is 1.02. The highest BCUT2D eigenvalue weighted by Crippen LogP contribution is 2.19. The van der Waals surface area contributed by atoms with Gasteiger partial charge in [0, 0.05) is 5.33 Å². The van der Waals surface area contributed by atoms with Gasteiger partial charge >= 0.3 is 0 Å². The molecule has 0 saturated carbocycles. The van der Waals surface area contributed by atoms with Crippen LogP contribution in [-0.4, -0.2) is 10.3 Å². The van der Waals surface area contributed by atoms with E-state index in [4.69, 9.17) is 0 Å². The maximum Gasteiger partial charge on any atom is 0.0817 e. The molecule has 1 heterocycles. The zero-order valence-electron chi connectivity index (χ0n) is 7.61. The van der Waals surface area contributed by atoms with Gasteiger partial charge in [-0.3, -0.25) is 0 Å². The lowest BCUT2D eigenvalue weighted by atomic mass is 10.2. The van der Waals surface area contributed by atoms with E-state index in [2.05, 4.69) is 51.3 Å². The van der Waals surface area contributed by atoms with Crippen LogP contribution in [0.2, 0.25) is 0 Å². The van der Waals surface area contributed by atoms with Crippen LogP contribution in [0.15, 0.2) is 29.8 Å². The Labute approximate surface area is 95.6 Å². The van der Waals surface area contributed by atoms with E-state index in [0.717, 1.165) is 17.3 Å². The van der Waals surface area contributed by atoms with Gasteiger partial charge in [0.2, 0.25) is 0 Å². The first-order valence-electron chi connectivity index (χ1n) is 4.46. The maximum absolute atomic E-state index is 4.28. The molecule has 2 aromatic rings. The molecule has 0 saturated heterocycles. The SMILES string of the molecule is BrCCC=Cc1ccc2scnc2c1. The summed E-state index contributed by atoms with van der Waals surface area (Å²) in [5.74, 6) is 0. The van der Waals surface area contributed by atoms with Crippen LogP contribution >= 0.6 is 27.3 Å². The van der Waals surface area contributed by atoms with Crippen LogP contribution in [0, 0.1) is 0 Å². The van der Waals surface area contributed by atoms with Gasteiger partial charge in [0.15, 0.2) is 0 Å². The minimum absolute atomic E-state index is 1.02. The molecule has 0 fully saturated rings. The number of hydrogen-bond donors (Lipinski definition) is 0. The van der Waals surface area contributed by atoms with Crippen molar-refractivity contribution in [3.05, 3.63) is 35.3 Å². The van der Waals surface area contributed by atoms with Gasteiger partial charge in [0.05, 0.1) is 15.7 Å². The molecule has 0 bridgehead atoms. The second kappa shape index (κ2) is 4.71. The molecular formula is C11H10BrNS. The Bertz CT molecular complexity index is 447. The number of alkyl halides is 1. The number of fused-ring (bicyclic) bond motifs is 1. The van der Waals surface area contributed by atoms with Crippen molar-refractivity contribution in [1.29, 1.82) is 0 Å². The van der Waals surface area contributed by atoms with Crippen LogP contribution < -0.4 is 0 Å². The summed E-state index contributed by atoms with van der Waals surface area (Å²) in [6.07, 6.45) is 5.37. The predicted molar refractivity (Wildman–Crippen MR) is 67.1 cm³/mol. The van der Waals surface area contributed by atoms with E-state index in [1.54, 1.807) is 11.3 Å². The molecule has 72 valence electrons. The molecule has 2 rings (SSSR count). The van der Waals surface area contributed by atoms with Crippen LogP contribution in [0.1, 0.15) is 12.0 Å². The summed E-state index contributed by atoms with van der Waals surface area (Å²) in [5.41, 5.74) is 4.21. The fourth-order valence-corrected chi connectivity index (χ4v) is 2.18. The van der Waals surface area contributed by atoms with Crippen molar-refractivity contribution in [3.8, 4) is 0 Å². The van der Waals surface area contributed by atoms with Crippen LogP contribution in [0.3, 0.4) is 0 Å². The van der Waals surface area contributed by atoms with Crippen molar-refractivity contribution in [2.75, 3.05) is 5.33 Å². The van der Waals surface area contributed by atoms with Gasteiger partial charge in [-0.05, 0) is 24.1 Å². The van der Waals surface area contributed by atoms with E-state index < -0.39 is 0 Å². The molecule has 0 radical (unpaired) electrons. The van der Waals surface area contributed by atoms with Gasteiger partial charge in [0.1, 0.15) is 0 Å². The van der Waals surface area contributed by atoms with Gasteiger partial charge in [-0.1, -0.05) is 34.1 Å². The smallest absolute Gasteiger partial charge is 0.0817 e. The highest BCUT2D eigenvalue weighted by molar-refractivity contribution is 9.09. The lowest BCUT2D eigenvalue weighted by Gasteiger charge is -1.92. The topological polar surface area (TPSA) is 12.9 Å². The van der Waals surface area contributed by atoms with Crippen molar-refractivity contribution in [1.82, 2.24) is 4.98 Å². The first kappa shape index (κ1) is 9.87. The second-order valence-electron chi connectivity index (χ2n) is 2.96. The number of aromatic nitrogens is 1. The van der Waals surface area contributed by atoms with E-state index in [1.807, 2.05) is 5.51 Å². The molecular weight excluding hydrogens is 258 g/mol. The van der Waals surface area contributed by atoms with Gasteiger partial charge in [-0.25, -0.2) is 4.98 Å². The molecule has 0 atom stereocenters. The minimum Gasteiger partial charge on any atom is -0.245 e. The lowest BCUT2D eigenvalue weighted by molar-refractivity contribution is 1.27. The van der Waals surface area contributed by atoms with Crippen molar-refractivity contribution >= 4 is 43.6 Å². The first-order valence-corrected chi connectivity index (χ1v) is 6.46. The Morgan fingerprint density at radius 1 is 1.43 bits per heavy atom. The van der Waals surface area contributed by atoms with E-state index in [-0.39, 0.29) is 0 Å². The van der Waals surface area contributed by atoms with E-state index in [0.29, 0.717) is 0 Å². The fraction of sp³-hybridized carbons (Fsp3) is 0.182. The highest BCUT2D eigenvalue weighted by Gasteiger charge is 1.95. The summed E-state index contributed by atoms with van der Waals surface area (Å²) < 4.78 is 1.25. The summed E-state index contributed by atoms with van der Waals surface area (Å²) >= 11 is 5.08. The third kappa shape index (κ3) is 2.22. The van der Waals surface area contributed by atoms with Crippen LogP contribution in [0.4, 0.5) is 0 Å². The van der Waals surface area contributed by atoms with Crippen LogP contribution in [0.25, 0.3) is 16.3 Å². The number of allylic oxidation sites excluding steroid dienone is 1. The Balaban J connectivity index is 2.25. The average Bonchev–Trinajstić information content (AvgIpc) is 2.65. The molecule has 0 spiro atoms. The third-order valence-corrected chi connectivity index (χ3v) is 3.21. The zero-order chi connectivity index (χ0) is 9.80. The van der Waals surface area contributed by atoms with Gasteiger partial charge in [-0.2, -0.15) is 0 Å². The number of thiazole rings is 1. The zero-order valence-corrected chi connectivity index (χ0v) is 10.0. The predicted octanol–water partition coefficient (Wildman–Crippen LogP) is 4.09. The van der Waals surface area contributed by atoms with Crippen molar-refractivity contribution in [3.63, 3.8) is 0 Å². The van der Waals surface area contributed by atoms with Crippen LogP contribution in [-0.2, 0) is 0 Å². The van der Waals surface area contributed by atoms with Crippen molar-refractivity contribution < 1.29 is 0 Å². The summed E-state index contributed by atoms with van der Waals surface area (Å²) in [5, 5.41) is 1.02. The van der Waals surface area contributed by atoms with E-state index >= 15 is 0 Å². The Kier molecular flexibility index (Phi) is 3.32. The molecule has 1 aromatic carbocycles. The summed E-state index contributed by atoms with van der Waals surface area (Å²) in [7, 11) is 0. The summed E-state index contributed by atoms with van der Waals surface area (Å²) in [4.78, 5) is 4.28. The first-order chi connectivity index (χ1) is 6.90. The third-order valence-electron chi connectivity index (χ3n) is 1.94. The molecule has 0 aliphatic heterocycles. The molecule has 1 aromatic heterocycles. The average molecular weight is 268 g/mol. The van der Waals surface area contributed by atoms with Crippen molar-refractivity contribution in [2.45, 2.75) is 6.42 Å². The summed E-state index contributed by atoms with van der Waals surface area (Å²) in [6, 6.07) is 6.38. The Morgan fingerprint density at radius 2 is 2.36 bits per heavy atom. The standard InChI is InChI=1S/C11H10BrNS/c12-6-2-1-3-9-4-5-11-10(7-9)13-8-14-11/h1,3-5,7-8H,2,6H2. The lowest BCUT2D eigenvalue weighted by Crippen LogP contribution is -1.73. The number of nitrogens with zero attached hydrogens (tertiary/aromatic N) is 1. The highest BCUT2D eigenvalue weighted by atomic mass is 79.9. The fourth-order valence-electron chi connectivity index (χ4n) is 1.26. The molecule has 0 unspecified atom stereocenters. The molecule has 0 amide bonds. The quantitative estimate of drug-likeness (QED) is 0.764. The molecule has 14 heavy (non-hydrogen) atoms. The molecule has 1 nitrogen and oxygen atoms in total. The second-order valence-corrected chi connectivity index (χ2v) is 4.64. The molecule has 0 N–H and O–H groups in total.